The molecule has 1 aromatic carbocycles. The summed E-state index contributed by atoms with van der Waals surface area (Å²) >= 11 is 0. The molecule has 0 spiro atoms. The lowest BCUT2D eigenvalue weighted by atomic mass is 10.2. The third-order valence-corrected chi connectivity index (χ3v) is 5.45. The molecule has 1 aromatic rings. The van der Waals surface area contributed by atoms with Crippen LogP contribution in [-0.4, -0.2) is 80.1 Å². The standard InChI is InChI=1S/C20H30FN5O2/c1-2-24-10-12-25(13-11-24)9-3-8-22-20(28)23-17-14-19(27)26(15-17)18-6-4-16(21)5-7-18/h4-7,17H,2-3,8-15H2,1H3,(H2,22,23,28)/t17-/m1/s1. The van der Waals surface area contributed by atoms with Crippen molar-refractivity contribution < 1.29 is 14.0 Å². The van der Waals surface area contributed by atoms with Gasteiger partial charge < -0.3 is 25.3 Å². The fourth-order valence-corrected chi connectivity index (χ4v) is 3.74. The molecular formula is C20H30FN5O2. The number of piperazine rings is 1. The minimum Gasteiger partial charge on any atom is -0.338 e. The second-order valence-corrected chi connectivity index (χ2v) is 7.41. The van der Waals surface area contributed by atoms with E-state index in [9.17, 15) is 14.0 Å². The monoisotopic (exact) mass is 391 g/mol. The van der Waals surface area contributed by atoms with Crippen LogP contribution in [0.4, 0.5) is 14.9 Å². The zero-order valence-electron chi connectivity index (χ0n) is 16.5. The number of halogens is 1. The number of benzene rings is 1. The van der Waals surface area contributed by atoms with Crippen molar-refractivity contribution in [1.82, 2.24) is 20.4 Å². The molecule has 0 aliphatic carbocycles. The molecule has 0 aromatic heterocycles. The van der Waals surface area contributed by atoms with E-state index >= 15 is 0 Å². The van der Waals surface area contributed by atoms with Crippen LogP contribution >= 0.6 is 0 Å². The Morgan fingerprint density at radius 3 is 2.50 bits per heavy atom. The van der Waals surface area contributed by atoms with Crippen LogP contribution in [0.25, 0.3) is 0 Å². The molecule has 2 heterocycles. The Morgan fingerprint density at radius 1 is 1.14 bits per heavy atom. The van der Waals surface area contributed by atoms with Gasteiger partial charge in [0.05, 0.1) is 6.04 Å². The van der Waals surface area contributed by atoms with Crippen molar-refractivity contribution in [3.05, 3.63) is 30.1 Å². The van der Waals surface area contributed by atoms with Crippen LogP contribution in [0.2, 0.25) is 0 Å². The zero-order chi connectivity index (χ0) is 19.9. The van der Waals surface area contributed by atoms with Crippen LogP contribution in [0.3, 0.4) is 0 Å². The second-order valence-electron chi connectivity index (χ2n) is 7.41. The van der Waals surface area contributed by atoms with E-state index in [-0.39, 0.29) is 30.2 Å². The van der Waals surface area contributed by atoms with Crippen molar-refractivity contribution in [2.24, 2.45) is 0 Å². The predicted molar refractivity (Wildman–Crippen MR) is 107 cm³/mol. The van der Waals surface area contributed by atoms with Gasteiger partial charge in [-0.3, -0.25) is 4.79 Å². The van der Waals surface area contributed by atoms with Gasteiger partial charge in [-0.2, -0.15) is 0 Å². The lowest BCUT2D eigenvalue weighted by Crippen LogP contribution is -2.47. The van der Waals surface area contributed by atoms with Gasteiger partial charge in [0.2, 0.25) is 5.91 Å². The lowest BCUT2D eigenvalue weighted by Gasteiger charge is -2.33. The molecule has 154 valence electrons. The van der Waals surface area contributed by atoms with E-state index in [0.717, 1.165) is 45.7 Å². The van der Waals surface area contributed by atoms with Crippen LogP contribution in [0, 0.1) is 5.82 Å². The minimum absolute atomic E-state index is 0.0665. The Kier molecular flexibility index (Phi) is 7.22. The molecule has 2 saturated heterocycles. The highest BCUT2D eigenvalue weighted by Gasteiger charge is 2.31. The molecule has 28 heavy (non-hydrogen) atoms. The van der Waals surface area contributed by atoms with Gasteiger partial charge in [0.25, 0.3) is 0 Å². The first-order chi connectivity index (χ1) is 13.5. The largest absolute Gasteiger partial charge is 0.338 e. The van der Waals surface area contributed by atoms with Crippen LogP contribution in [-0.2, 0) is 4.79 Å². The highest BCUT2D eigenvalue weighted by Crippen LogP contribution is 2.21. The molecule has 1 atom stereocenters. The van der Waals surface area contributed by atoms with E-state index in [2.05, 4.69) is 27.4 Å². The summed E-state index contributed by atoms with van der Waals surface area (Å²) < 4.78 is 13.0. The summed E-state index contributed by atoms with van der Waals surface area (Å²) in [5.41, 5.74) is 0.652. The number of nitrogens with zero attached hydrogens (tertiary/aromatic N) is 3. The van der Waals surface area contributed by atoms with E-state index < -0.39 is 0 Å². The normalized spacial score (nSPS) is 21.1. The van der Waals surface area contributed by atoms with E-state index in [0.29, 0.717) is 18.8 Å². The van der Waals surface area contributed by atoms with Crippen molar-refractivity contribution in [3.8, 4) is 0 Å². The van der Waals surface area contributed by atoms with Gasteiger partial charge in [-0.15, -0.1) is 0 Å². The number of nitrogens with one attached hydrogen (secondary N) is 2. The summed E-state index contributed by atoms with van der Waals surface area (Å²) in [6.45, 7) is 9.70. The van der Waals surface area contributed by atoms with Gasteiger partial charge in [0, 0.05) is 51.4 Å². The van der Waals surface area contributed by atoms with Gasteiger partial charge >= 0.3 is 6.03 Å². The van der Waals surface area contributed by atoms with Crippen molar-refractivity contribution in [2.75, 3.05) is 57.3 Å². The molecule has 3 amide bonds. The molecule has 0 radical (unpaired) electrons. The number of likely N-dealkylation sites (N-methyl/N-ethyl adjacent to an activating group) is 1. The number of urea groups is 1. The Morgan fingerprint density at radius 2 is 1.82 bits per heavy atom. The topological polar surface area (TPSA) is 67.9 Å². The number of carbonyl (C=O) groups excluding carboxylic acids is 2. The Labute approximate surface area is 165 Å². The van der Waals surface area contributed by atoms with Crippen molar-refractivity contribution in [2.45, 2.75) is 25.8 Å². The first-order valence-electron chi connectivity index (χ1n) is 10.1. The number of anilines is 1. The first-order valence-corrected chi connectivity index (χ1v) is 10.1. The first kappa shape index (κ1) is 20.5. The van der Waals surface area contributed by atoms with Crippen molar-refractivity contribution >= 4 is 17.6 Å². The molecule has 2 fully saturated rings. The molecule has 0 saturated carbocycles. The fraction of sp³-hybridized carbons (Fsp3) is 0.600. The third kappa shape index (κ3) is 5.65. The molecule has 3 rings (SSSR count). The Balaban J connectivity index is 1.33. The number of rotatable bonds is 7. The maximum absolute atomic E-state index is 13.0. The predicted octanol–water partition coefficient (Wildman–Crippen LogP) is 1.26. The maximum atomic E-state index is 13.0. The van der Waals surface area contributed by atoms with Gasteiger partial charge in [-0.25, -0.2) is 9.18 Å². The molecular weight excluding hydrogens is 361 g/mol. The number of carbonyl (C=O) groups is 2. The number of hydrogen-bond donors (Lipinski definition) is 2. The van der Waals surface area contributed by atoms with Gasteiger partial charge in [0.1, 0.15) is 5.82 Å². The molecule has 8 heteroatoms. The molecule has 7 nitrogen and oxygen atoms in total. The summed E-state index contributed by atoms with van der Waals surface area (Å²) in [7, 11) is 0. The summed E-state index contributed by atoms with van der Waals surface area (Å²) in [4.78, 5) is 30.7. The summed E-state index contributed by atoms with van der Waals surface area (Å²) in [5.74, 6) is -0.403. The summed E-state index contributed by atoms with van der Waals surface area (Å²) in [6.07, 6.45) is 1.16. The van der Waals surface area contributed by atoms with Crippen LogP contribution in [0.15, 0.2) is 24.3 Å². The maximum Gasteiger partial charge on any atom is 0.315 e. The van der Waals surface area contributed by atoms with Crippen LogP contribution in [0.5, 0.6) is 0 Å². The smallest absolute Gasteiger partial charge is 0.315 e. The second kappa shape index (κ2) is 9.84. The Bertz CT molecular complexity index is 661. The molecule has 0 unspecified atom stereocenters. The fourth-order valence-electron chi connectivity index (χ4n) is 3.74. The highest BCUT2D eigenvalue weighted by atomic mass is 19.1. The van der Waals surface area contributed by atoms with E-state index in [4.69, 9.17) is 0 Å². The van der Waals surface area contributed by atoms with Crippen LogP contribution in [0.1, 0.15) is 19.8 Å². The van der Waals surface area contributed by atoms with Gasteiger partial charge in [0.15, 0.2) is 0 Å². The average molecular weight is 391 g/mol. The molecule has 2 aliphatic rings. The van der Waals surface area contributed by atoms with Gasteiger partial charge in [-0.05, 0) is 43.8 Å². The van der Waals surface area contributed by atoms with E-state index in [1.165, 1.54) is 12.1 Å². The third-order valence-electron chi connectivity index (χ3n) is 5.45. The molecule has 2 N–H and O–H groups in total. The van der Waals surface area contributed by atoms with Gasteiger partial charge in [-0.1, -0.05) is 6.92 Å². The minimum atomic E-state index is -0.336. The molecule has 0 bridgehead atoms. The molecule has 2 aliphatic heterocycles. The number of amides is 3. The van der Waals surface area contributed by atoms with Crippen LogP contribution < -0.4 is 15.5 Å². The Hall–Kier alpha value is -2.19. The number of hydrogen-bond acceptors (Lipinski definition) is 4. The zero-order valence-corrected chi connectivity index (χ0v) is 16.5. The van der Waals surface area contributed by atoms with E-state index in [1.54, 1.807) is 17.0 Å². The van der Waals surface area contributed by atoms with E-state index in [1.807, 2.05) is 0 Å². The quantitative estimate of drug-likeness (QED) is 0.687. The lowest BCUT2D eigenvalue weighted by molar-refractivity contribution is -0.117. The SMILES string of the molecule is CCN1CCN(CCCNC(=O)N[C@@H]2CC(=O)N(c3ccc(F)cc3)C2)CC1. The summed E-state index contributed by atoms with van der Waals surface area (Å²) in [6, 6.07) is 5.34. The highest BCUT2D eigenvalue weighted by molar-refractivity contribution is 5.96. The summed E-state index contributed by atoms with van der Waals surface area (Å²) in [5, 5.41) is 5.74. The van der Waals surface area contributed by atoms with Crippen molar-refractivity contribution in [1.29, 1.82) is 0 Å². The average Bonchev–Trinajstić information content (AvgIpc) is 3.06. The van der Waals surface area contributed by atoms with Crippen molar-refractivity contribution in [3.63, 3.8) is 0 Å².